The third-order valence-electron chi connectivity index (χ3n) is 4.41. The largest absolute Gasteiger partial charge is 0.504 e. The summed E-state index contributed by atoms with van der Waals surface area (Å²) in [6, 6.07) is 9.61. The van der Waals surface area contributed by atoms with Gasteiger partial charge in [-0.1, -0.05) is 12.1 Å². The number of benzene rings is 1. The number of aromatic hydroxyl groups is 1. The van der Waals surface area contributed by atoms with Crippen LogP contribution in [0.25, 0.3) is 0 Å². The lowest BCUT2D eigenvalue weighted by Gasteiger charge is -2.29. The van der Waals surface area contributed by atoms with Gasteiger partial charge in [0.25, 0.3) is 0 Å². The van der Waals surface area contributed by atoms with Gasteiger partial charge in [-0.05, 0) is 43.0 Å². The lowest BCUT2D eigenvalue weighted by Crippen LogP contribution is -2.31. The standard InChI is InChI=1S/C19H25N3O2/c1-24-18-8-7-15(12-17(18)23)13-20-14-16-6-5-9-21-19(16)22-10-3-2-4-11-22/h5-9,12,20,23H,2-4,10-11,13-14H2,1H3. The van der Waals surface area contributed by atoms with Crippen LogP contribution in [-0.4, -0.2) is 30.3 Å². The van der Waals surface area contributed by atoms with Crippen LogP contribution < -0.4 is 15.0 Å². The Morgan fingerprint density at radius 1 is 1.17 bits per heavy atom. The van der Waals surface area contributed by atoms with Crippen LogP contribution in [0.2, 0.25) is 0 Å². The van der Waals surface area contributed by atoms with E-state index in [4.69, 9.17) is 4.74 Å². The summed E-state index contributed by atoms with van der Waals surface area (Å²) in [7, 11) is 1.55. The minimum absolute atomic E-state index is 0.173. The fourth-order valence-electron chi connectivity index (χ4n) is 3.15. The van der Waals surface area contributed by atoms with Gasteiger partial charge in [-0.15, -0.1) is 0 Å². The van der Waals surface area contributed by atoms with E-state index in [1.807, 2.05) is 18.3 Å². The van der Waals surface area contributed by atoms with Crippen molar-refractivity contribution in [2.75, 3.05) is 25.1 Å². The maximum absolute atomic E-state index is 9.85. The number of phenols is 1. The van der Waals surface area contributed by atoms with Crippen LogP contribution in [-0.2, 0) is 13.1 Å². The van der Waals surface area contributed by atoms with E-state index in [0.717, 1.165) is 31.0 Å². The molecule has 3 rings (SSSR count). The Morgan fingerprint density at radius 3 is 2.75 bits per heavy atom. The molecule has 5 heteroatoms. The molecule has 1 aliphatic heterocycles. The summed E-state index contributed by atoms with van der Waals surface area (Å²) in [5.41, 5.74) is 2.24. The zero-order chi connectivity index (χ0) is 16.8. The monoisotopic (exact) mass is 327 g/mol. The van der Waals surface area contributed by atoms with E-state index in [0.29, 0.717) is 12.3 Å². The maximum Gasteiger partial charge on any atom is 0.160 e. The molecule has 128 valence electrons. The van der Waals surface area contributed by atoms with E-state index in [9.17, 15) is 5.11 Å². The van der Waals surface area contributed by atoms with Gasteiger partial charge in [0.2, 0.25) is 0 Å². The normalized spacial score (nSPS) is 14.6. The fraction of sp³-hybridized carbons (Fsp3) is 0.421. The Labute approximate surface area is 143 Å². The number of nitrogens with zero attached hydrogens (tertiary/aromatic N) is 2. The number of ether oxygens (including phenoxy) is 1. The molecule has 5 nitrogen and oxygen atoms in total. The number of piperidine rings is 1. The number of hydrogen-bond donors (Lipinski definition) is 2. The first kappa shape index (κ1) is 16.6. The second-order valence-corrected chi connectivity index (χ2v) is 6.14. The molecule has 0 unspecified atom stereocenters. The van der Waals surface area contributed by atoms with Crippen LogP contribution in [0.15, 0.2) is 36.5 Å². The molecule has 0 saturated carbocycles. The molecule has 24 heavy (non-hydrogen) atoms. The molecule has 1 aromatic carbocycles. The Morgan fingerprint density at radius 2 is 2.00 bits per heavy atom. The predicted molar refractivity (Wildman–Crippen MR) is 95.5 cm³/mol. The van der Waals surface area contributed by atoms with Crippen molar-refractivity contribution in [1.29, 1.82) is 0 Å². The third-order valence-corrected chi connectivity index (χ3v) is 4.41. The van der Waals surface area contributed by atoms with Crippen LogP contribution in [0.4, 0.5) is 5.82 Å². The van der Waals surface area contributed by atoms with Crippen LogP contribution in [0.1, 0.15) is 30.4 Å². The quantitative estimate of drug-likeness (QED) is 0.854. The number of aromatic nitrogens is 1. The van der Waals surface area contributed by atoms with Gasteiger partial charge < -0.3 is 20.1 Å². The average molecular weight is 327 g/mol. The average Bonchev–Trinajstić information content (AvgIpc) is 2.63. The Bertz CT molecular complexity index is 669. The molecule has 1 fully saturated rings. The summed E-state index contributed by atoms with van der Waals surface area (Å²) >= 11 is 0. The van der Waals surface area contributed by atoms with E-state index in [1.165, 1.54) is 24.8 Å². The molecule has 0 spiro atoms. The number of phenolic OH excluding ortho intramolecular Hbond substituents is 1. The molecule has 0 amide bonds. The van der Waals surface area contributed by atoms with Crippen LogP contribution in [0.5, 0.6) is 11.5 Å². The molecule has 2 heterocycles. The summed E-state index contributed by atoms with van der Waals surface area (Å²) in [4.78, 5) is 6.98. The number of methoxy groups -OCH3 is 1. The van der Waals surface area contributed by atoms with Crippen molar-refractivity contribution in [3.63, 3.8) is 0 Å². The molecule has 1 aliphatic rings. The Kier molecular flexibility index (Phi) is 5.54. The highest BCUT2D eigenvalue weighted by atomic mass is 16.5. The number of hydrogen-bond acceptors (Lipinski definition) is 5. The van der Waals surface area contributed by atoms with Crippen LogP contribution >= 0.6 is 0 Å². The van der Waals surface area contributed by atoms with Crippen LogP contribution in [0, 0.1) is 0 Å². The summed E-state index contributed by atoms with van der Waals surface area (Å²) in [6.45, 7) is 3.63. The third kappa shape index (κ3) is 3.97. The zero-order valence-electron chi connectivity index (χ0n) is 14.2. The second-order valence-electron chi connectivity index (χ2n) is 6.14. The van der Waals surface area contributed by atoms with Crippen molar-refractivity contribution in [1.82, 2.24) is 10.3 Å². The molecule has 1 saturated heterocycles. The van der Waals surface area contributed by atoms with Gasteiger partial charge in [0.05, 0.1) is 7.11 Å². The van der Waals surface area contributed by atoms with Gasteiger partial charge in [0, 0.05) is 37.9 Å². The number of nitrogens with one attached hydrogen (secondary N) is 1. The molecular weight excluding hydrogens is 302 g/mol. The molecule has 1 aromatic heterocycles. The Balaban J connectivity index is 1.61. The van der Waals surface area contributed by atoms with Gasteiger partial charge in [0.15, 0.2) is 11.5 Å². The van der Waals surface area contributed by atoms with Crippen molar-refractivity contribution < 1.29 is 9.84 Å². The van der Waals surface area contributed by atoms with Gasteiger partial charge in [-0.25, -0.2) is 4.98 Å². The lowest BCUT2D eigenvalue weighted by molar-refractivity contribution is 0.373. The van der Waals surface area contributed by atoms with Crippen molar-refractivity contribution in [2.24, 2.45) is 0 Å². The van der Waals surface area contributed by atoms with Crippen molar-refractivity contribution >= 4 is 5.82 Å². The minimum Gasteiger partial charge on any atom is -0.504 e. The van der Waals surface area contributed by atoms with Gasteiger partial charge >= 0.3 is 0 Å². The van der Waals surface area contributed by atoms with Crippen LogP contribution in [0.3, 0.4) is 0 Å². The smallest absolute Gasteiger partial charge is 0.160 e. The highest BCUT2D eigenvalue weighted by Crippen LogP contribution is 2.26. The first-order chi connectivity index (χ1) is 11.8. The van der Waals surface area contributed by atoms with Crippen molar-refractivity contribution in [3.8, 4) is 11.5 Å². The lowest BCUT2D eigenvalue weighted by atomic mass is 10.1. The van der Waals surface area contributed by atoms with Crippen molar-refractivity contribution in [3.05, 3.63) is 47.7 Å². The molecule has 0 aliphatic carbocycles. The van der Waals surface area contributed by atoms with Gasteiger partial charge in [-0.2, -0.15) is 0 Å². The van der Waals surface area contributed by atoms with E-state index in [-0.39, 0.29) is 5.75 Å². The SMILES string of the molecule is COc1ccc(CNCc2cccnc2N2CCCCC2)cc1O. The van der Waals surface area contributed by atoms with Gasteiger partial charge in [0.1, 0.15) is 5.82 Å². The highest BCUT2D eigenvalue weighted by molar-refractivity contribution is 5.47. The number of pyridine rings is 1. The summed E-state index contributed by atoms with van der Waals surface area (Å²) in [5, 5.41) is 13.3. The minimum atomic E-state index is 0.173. The molecule has 2 aromatic rings. The molecular formula is C19H25N3O2. The second kappa shape index (κ2) is 8.02. The predicted octanol–water partition coefficient (Wildman–Crippen LogP) is 3.08. The highest BCUT2D eigenvalue weighted by Gasteiger charge is 2.15. The van der Waals surface area contributed by atoms with Crippen molar-refractivity contribution in [2.45, 2.75) is 32.4 Å². The summed E-state index contributed by atoms with van der Waals surface area (Å²) < 4.78 is 5.07. The first-order valence-corrected chi connectivity index (χ1v) is 8.53. The topological polar surface area (TPSA) is 57.6 Å². The summed E-state index contributed by atoms with van der Waals surface area (Å²) in [6.07, 6.45) is 5.68. The first-order valence-electron chi connectivity index (χ1n) is 8.53. The fourth-order valence-corrected chi connectivity index (χ4v) is 3.15. The van der Waals surface area contributed by atoms with E-state index < -0.39 is 0 Å². The molecule has 0 radical (unpaired) electrons. The number of anilines is 1. The molecule has 2 N–H and O–H groups in total. The van der Waals surface area contributed by atoms with E-state index in [1.54, 1.807) is 19.2 Å². The van der Waals surface area contributed by atoms with Gasteiger partial charge in [-0.3, -0.25) is 0 Å². The number of rotatable bonds is 6. The maximum atomic E-state index is 9.85. The Hall–Kier alpha value is -2.27. The summed E-state index contributed by atoms with van der Waals surface area (Å²) in [5.74, 6) is 1.77. The molecule has 0 bridgehead atoms. The zero-order valence-corrected chi connectivity index (χ0v) is 14.2. The van der Waals surface area contributed by atoms with E-state index in [2.05, 4.69) is 21.3 Å². The molecule has 0 atom stereocenters. The van der Waals surface area contributed by atoms with E-state index >= 15 is 0 Å².